The fraction of sp³-hybridized carbons (Fsp3) is 0.417. The van der Waals surface area contributed by atoms with Crippen molar-refractivity contribution in [2.45, 2.75) is 25.3 Å². The highest BCUT2D eigenvalue weighted by atomic mass is 32.1. The van der Waals surface area contributed by atoms with Gasteiger partial charge in [0.05, 0.1) is 6.04 Å². The van der Waals surface area contributed by atoms with Crippen LogP contribution in [0.2, 0.25) is 0 Å². The summed E-state index contributed by atoms with van der Waals surface area (Å²) >= 11 is 1.45. The van der Waals surface area contributed by atoms with Crippen LogP contribution in [0.5, 0.6) is 0 Å². The molecule has 0 radical (unpaired) electrons. The molecule has 118 valence electrons. The second kappa shape index (κ2) is 7.61. The van der Waals surface area contributed by atoms with Crippen LogP contribution in [0.4, 0.5) is 0 Å². The van der Waals surface area contributed by atoms with E-state index in [4.69, 9.17) is 11.5 Å². The largest absolute Gasteiger partial charge is 0.368 e. The third-order valence-electron chi connectivity index (χ3n) is 2.91. The first kappa shape index (κ1) is 16.0. The van der Waals surface area contributed by atoms with Crippen molar-refractivity contribution in [2.24, 2.45) is 11.5 Å². The summed E-state index contributed by atoms with van der Waals surface area (Å²) in [5.74, 6) is -0.886. The lowest BCUT2D eigenvalue weighted by Gasteiger charge is -2.06. The Balaban J connectivity index is 1.73. The molecule has 2 aromatic heterocycles. The van der Waals surface area contributed by atoms with Crippen molar-refractivity contribution in [2.75, 3.05) is 6.54 Å². The van der Waals surface area contributed by atoms with Crippen molar-refractivity contribution in [3.05, 3.63) is 23.3 Å². The van der Waals surface area contributed by atoms with Crippen molar-refractivity contribution in [3.8, 4) is 5.00 Å². The van der Waals surface area contributed by atoms with Gasteiger partial charge in [0, 0.05) is 6.54 Å². The first-order valence-corrected chi connectivity index (χ1v) is 7.63. The van der Waals surface area contributed by atoms with E-state index in [9.17, 15) is 9.59 Å². The third-order valence-corrected chi connectivity index (χ3v) is 3.75. The van der Waals surface area contributed by atoms with Gasteiger partial charge in [0.1, 0.15) is 5.00 Å². The number of tetrazole rings is 1. The van der Waals surface area contributed by atoms with Crippen LogP contribution in [-0.4, -0.2) is 44.6 Å². The molecule has 0 saturated heterocycles. The minimum absolute atomic E-state index is 0.0160. The molecule has 9 nitrogen and oxygen atoms in total. The van der Waals surface area contributed by atoms with E-state index in [0.29, 0.717) is 25.8 Å². The highest BCUT2D eigenvalue weighted by molar-refractivity contribution is 7.12. The van der Waals surface area contributed by atoms with Crippen LogP contribution in [0.3, 0.4) is 0 Å². The average molecular weight is 323 g/mol. The van der Waals surface area contributed by atoms with Gasteiger partial charge < -0.3 is 16.8 Å². The summed E-state index contributed by atoms with van der Waals surface area (Å²) in [5, 5.41) is 16.9. The summed E-state index contributed by atoms with van der Waals surface area (Å²) in [5.41, 5.74) is 10.6. The van der Waals surface area contributed by atoms with Gasteiger partial charge in [0.15, 0.2) is 0 Å². The maximum atomic E-state index is 11.8. The maximum absolute atomic E-state index is 11.8. The molecule has 0 unspecified atom stereocenters. The molecule has 0 spiro atoms. The summed E-state index contributed by atoms with van der Waals surface area (Å²) in [6, 6.07) is 3.05. The minimum Gasteiger partial charge on any atom is -0.368 e. The van der Waals surface area contributed by atoms with E-state index in [1.807, 2.05) is 17.5 Å². The predicted molar refractivity (Wildman–Crippen MR) is 80.4 cm³/mol. The number of hydrogen-bond acceptors (Lipinski definition) is 7. The maximum Gasteiger partial charge on any atom is 0.292 e. The number of unbranched alkanes of at least 4 members (excludes halogenated alkanes) is 1. The Morgan fingerprint density at radius 2 is 2.23 bits per heavy atom. The van der Waals surface area contributed by atoms with Crippen molar-refractivity contribution in [1.29, 1.82) is 0 Å². The Morgan fingerprint density at radius 1 is 1.41 bits per heavy atom. The Kier molecular flexibility index (Phi) is 5.55. The smallest absolute Gasteiger partial charge is 0.292 e. The van der Waals surface area contributed by atoms with E-state index in [1.54, 1.807) is 0 Å². The summed E-state index contributed by atoms with van der Waals surface area (Å²) in [6.07, 6.45) is 1.88. The van der Waals surface area contributed by atoms with Crippen molar-refractivity contribution in [1.82, 2.24) is 25.5 Å². The van der Waals surface area contributed by atoms with E-state index in [-0.39, 0.29) is 11.7 Å². The minimum atomic E-state index is -0.636. The van der Waals surface area contributed by atoms with Crippen LogP contribution in [0, 0.1) is 0 Å². The summed E-state index contributed by atoms with van der Waals surface area (Å²) in [7, 11) is 0. The monoisotopic (exact) mass is 323 g/mol. The zero-order chi connectivity index (χ0) is 15.9. The van der Waals surface area contributed by atoms with Gasteiger partial charge in [-0.3, -0.25) is 9.59 Å². The lowest BCUT2D eigenvalue weighted by molar-refractivity contribution is -0.119. The van der Waals surface area contributed by atoms with E-state index >= 15 is 0 Å². The molecule has 2 rings (SSSR count). The van der Waals surface area contributed by atoms with Crippen LogP contribution < -0.4 is 16.8 Å². The van der Waals surface area contributed by atoms with Crippen LogP contribution >= 0.6 is 11.3 Å². The van der Waals surface area contributed by atoms with E-state index in [2.05, 4.69) is 20.7 Å². The quantitative estimate of drug-likeness (QED) is 0.556. The van der Waals surface area contributed by atoms with Gasteiger partial charge >= 0.3 is 0 Å². The summed E-state index contributed by atoms with van der Waals surface area (Å²) < 4.78 is 0. The molecule has 2 aromatic rings. The molecule has 0 saturated carbocycles. The second-order valence-electron chi connectivity index (χ2n) is 4.61. The third kappa shape index (κ3) is 4.33. The molecule has 0 bridgehead atoms. The fourth-order valence-electron chi connectivity index (χ4n) is 1.69. The highest BCUT2D eigenvalue weighted by Crippen LogP contribution is 2.11. The van der Waals surface area contributed by atoms with Crippen LogP contribution in [0.1, 0.15) is 29.9 Å². The van der Waals surface area contributed by atoms with Crippen LogP contribution in [0.25, 0.3) is 5.00 Å². The number of carbonyl (C=O) groups is 2. The standard InChI is InChI=1S/C12H17N7O2S/c13-8(10(14)20)4-1-2-6-15-12(21)11-16-18-19(17-11)9-5-3-7-22-9/h3,5,7-8H,1-2,4,6,13H2,(H2,14,20)(H,15,21)/t8-/m0/s1. The number of primary amides is 1. The molecular formula is C12H17N7O2S. The zero-order valence-electron chi connectivity index (χ0n) is 11.8. The normalized spacial score (nSPS) is 12.0. The average Bonchev–Trinajstić information content (AvgIpc) is 3.16. The number of amides is 2. The Bertz CT molecular complexity index is 625. The number of aromatic nitrogens is 4. The van der Waals surface area contributed by atoms with Gasteiger partial charge in [-0.15, -0.1) is 26.3 Å². The topological polar surface area (TPSA) is 142 Å². The number of rotatable bonds is 8. The van der Waals surface area contributed by atoms with E-state index < -0.39 is 11.9 Å². The molecule has 0 aliphatic heterocycles. The molecular weight excluding hydrogens is 306 g/mol. The number of nitrogens with two attached hydrogens (primary N) is 2. The number of thiophene rings is 1. The van der Waals surface area contributed by atoms with Gasteiger partial charge in [-0.05, 0) is 42.0 Å². The van der Waals surface area contributed by atoms with Gasteiger partial charge in [0.25, 0.3) is 11.7 Å². The molecule has 1 atom stereocenters. The van der Waals surface area contributed by atoms with Crippen molar-refractivity contribution in [3.63, 3.8) is 0 Å². The molecule has 0 aliphatic rings. The van der Waals surface area contributed by atoms with Crippen molar-refractivity contribution < 1.29 is 9.59 Å². The number of nitrogens with one attached hydrogen (secondary N) is 1. The first-order chi connectivity index (χ1) is 10.6. The van der Waals surface area contributed by atoms with Gasteiger partial charge in [-0.25, -0.2) is 0 Å². The van der Waals surface area contributed by atoms with E-state index in [1.165, 1.54) is 16.1 Å². The molecule has 0 aliphatic carbocycles. The first-order valence-electron chi connectivity index (χ1n) is 6.75. The number of carbonyl (C=O) groups excluding carboxylic acids is 2. The molecule has 2 amide bonds. The highest BCUT2D eigenvalue weighted by Gasteiger charge is 2.13. The number of nitrogens with zero attached hydrogens (tertiary/aromatic N) is 4. The lowest BCUT2D eigenvalue weighted by atomic mass is 10.1. The van der Waals surface area contributed by atoms with Gasteiger partial charge in [-0.1, -0.05) is 0 Å². The Morgan fingerprint density at radius 3 is 2.91 bits per heavy atom. The lowest BCUT2D eigenvalue weighted by Crippen LogP contribution is -2.36. The second-order valence-corrected chi connectivity index (χ2v) is 5.54. The van der Waals surface area contributed by atoms with Gasteiger partial charge in [0.2, 0.25) is 5.91 Å². The zero-order valence-corrected chi connectivity index (χ0v) is 12.6. The summed E-state index contributed by atoms with van der Waals surface area (Å²) in [4.78, 5) is 23.9. The summed E-state index contributed by atoms with van der Waals surface area (Å²) in [6.45, 7) is 0.442. The fourth-order valence-corrected chi connectivity index (χ4v) is 2.32. The van der Waals surface area contributed by atoms with Crippen LogP contribution in [-0.2, 0) is 4.79 Å². The molecule has 0 aromatic carbocycles. The SMILES string of the molecule is NC(=O)[C@@H](N)CCCCNC(=O)c1nnn(-c2cccs2)n1. The predicted octanol–water partition coefficient (Wildman–Crippen LogP) is -0.564. The molecule has 10 heteroatoms. The number of hydrogen-bond donors (Lipinski definition) is 3. The van der Waals surface area contributed by atoms with E-state index in [0.717, 1.165) is 5.00 Å². The van der Waals surface area contributed by atoms with Gasteiger partial charge in [-0.2, -0.15) is 0 Å². The Hall–Kier alpha value is -2.33. The van der Waals surface area contributed by atoms with Crippen LogP contribution in [0.15, 0.2) is 17.5 Å². The molecule has 22 heavy (non-hydrogen) atoms. The Labute approximate surface area is 130 Å². The molecule has 5 N–H and O–H groups in total. The van der Waals surface area contributed by atoms with Crippen molar-refractivity contribution >= 4 is 23.2 Å². The molecule has 2 heterocycles. The molecule has 0 fully saturated rings.